The van der Waals surface area contributed by atoms with Gasteiger partial charge >= 0.3 is 0 Å². The van der Waals surface area contributed by atoms with Crippen LogP contribution in [0.1, 0.15) is 29.0 Å². The number of amides is 1. The molecule has 1 aromatic heterocycles. The van der Waals surface area contributed by atoms with E-state index in [-0.39, 0.29) is 5.91 Å². The molecule has 142 valence electrons. The Morgan fingerprint density at radius 1 is 1.14 bits per heavy atom. The van der Waals surface area contributed by atoms with Crippen LogP contribution in [0, 0.1) is 0 Å². The number of benzene rings is 2. The molecule has 1 aliphatic heterocycles. The summed E-state index contributed by atoms with van der Waals surface area (Å²) in [4.78, 5) is 17.2. The maximum absolute atomic E-state index is 12.4. The number of nitrogens with one attached hydrogen (secondary N) is 1. The summed E-state index contributed by atoms with van der Waals surface area (Å²) in [5, 5.41) is 2.93. The van der Waals surface area contributed by atoms with Gasteiger partial charge in [0.1, 0.15) is 18.2 Å². The van der Waals surface area contributed by atoms with E-state index in [1.807, 2.05) is 24.3 Å². The lowest BCUT2D eigenvalue weighted by Gasteiger charge is -2.11. The summed E-state index contributed by atoms with van der Waals surface area (Å²) in [5.74, 6) is 1.73. The molecule has 1 aliphatic rings. The van der Waals surface area contributed by atoms with Crippen LogP contribution >= 0.6 is 0 Å². The highest BCUT2D eigenvalue weighted by Crippen LogP contribution is 2.24. The lowest BCUT2D eigenvalue weighted by Crippen LogP contribution is -2.11. The molecule has 0 radical (unpaired) electrons. The number of carbonyl (C=O) groups excluding carboxylic acids is 1. The van der Waals surface area contributed by atoms with Crippen molar-refractivity contribution in [1.82, 2.24) is 9.55 Å². The van der Waals surface area contributed by atoms with Gasteiger partial charge in [-0.2, -0.15) is 0 Å². The van der Waals surface area contributed by atoms with Gasteiger partial charge in [-0.1, -0.05) is 24.8 Å². The van der Waals surface area contributed by atoms with E-state index in [0.29, 0.717) is 17.9 Å². The molecule has 5 nitrogen and oxygen atoms in total. The predicted molar refractivity (Wildman–Crippen MR) is 111 cm³/mol. The second-order valence-electron chi connectivity index (χ2n) is 6.85. The van der Waals surface area contributed by atoms with E-state index in [1.54, 1.807) is 30.3 Å². The highest BCUT2D eigenvalue weighted by molar-refractivity contribution is 6.04. The summed E-state index contributed by atoms with van der Waals surface area (Å²) in [6.45, 7) is 5.11. The first-order chi connectivity index (χ1) is 13.7. The molecule has 3 aromatic rings. The number of aromatic nitrogens is 2. The molecular formula is C23H23N3O2. The van der Waals surface area contributed by atoms with Gasteiger partial charge in [0.2, 0.25) is 0 Å². The molecule has 0 spiro atoms. The Bertz CT molecular complexity index is 949. The van der Waals surface area contributed by atoms with Crippen molar-refractivity contribution in [3.05, 3.63) is 78.8 Å². The summed E-state index contributed by atoms with van der Waals surface area (Å²) < 4.78 is 7.68. The average molecular weight is 373 g/mol. The second kappa shape index (κ2) is 8.13. The van der Waals surface area contributed by atoms with E-state index in [1.165, 1.54) is 18.7 Å². The third-order valence-corrected chi connectivity index (χ3v) is 4.83. The monoisotopic (exact) mass is 373 g/mol. The minimum Gasteiger partial charge on any atom is -0.490 e. The maximum Gasteiger partial charge on any atom is 0.255 e. The van der Waals surface area contributed by atoms with Crippen LogP contribution in [-0.2, 0) is 13.0 Å². The number of nitrogens with zero attached hydrogens (tertiary/aromatic N) is 2. The predicted octanol–water partition coefficient (Wildman–Crippen LogP) is 4.70. The number of rotatable bonds is 6. The average Bonchev–Trinajstić information content (AvgIpc) is 3.17. The van der Waals surface area contributed by atoms with Crippen molar-refractivity contribution in [3.63, 3.8) is 0 Å². The minimum atomic E-state index is -0.152. The summed E-state index contributed by atoms with van der Waals surface area (Å²) in [6.07, 6.45) is 7.28. The van der Waals surface area contributed by atoms with E-state index in [0.717, 1.165) is 29.9 Å². The van der Waals surface area contributed by atoms with Crippen LogP contribution in [0.15, 0.2) is 67.4 Å². The quantitative estimate of drug-likeness (QED) is 0.637. The third kappa shape index (κ3) is 3.98. The molecule has 2 heterocycles. The molecule has 0 unspecified atom stereocenters. The minimum absolute atomic E-state index is 0.152. The zero-order valence-electron chi connectivity index (χ0n) is 15.7. The standard InChI is InChI=1S/C23H23N3O2/c1-2-15-28-20-12-8-18(9-13-20)23(27)24-19-10-6-17(7-11-19)21-16-26-14-4-3-5-22(26)25-21/h2,6-13,16H,1,3-5,14-15H2,(H,24,27). The van der Waals surface area contributed by atoms with Crippen molar-refractivity contribution in [2.45, 2.75) is 25.8 Å². The number of carbonyl (C=O) groups is 1. The topological polar surface area (TPSA) is 56.1 Å². The van der Waals surface area contributed by atoms with Gasteiger partial charge in [-0.05, 0) is 49.2 Å². The van der Waals surface area contributed by atoms with Crippen molar-refractivity contribution < 1.29 is 9.53 Å². The van der Waals surface area contributed by atoms with Crippen LogP contribution in [0.5, 0.6) is 5.75 Å². The van der Waals surface area contributed by atoms with Gasteiger partial charge in [-0.3, -0.25) is 4.79 Å². The Kier molecular flexibility index (Phi) is 5.24. The molecule has 0 saturated heterocycles. The summed E-state index contributed by atoms with van der Waals surface area (Å²) in [5.41, 5.74) is 3.38. The summed E-state index contributed by atoms with van der Waals surface area (Å²) >= 11 is 0. The number of anilines is 1. The van der Waals surface area contributed by atoms with Gasteiger partial charge in [-0.25, -0.2) is 4.98 Å². The molecule has 0 atom stereocenters. The van der Waals surface area contributed by atoms with Crippen molar-refractivity contribution in [1.29, 1.82) is 0 Å². The Morgan fingerprint density at radius 3 is 2.64 bits per heavy atom. The van der Waals surface area contributed by atoms with Gasteiger partial charge in [-0.15, -0.1) is 0 Å². The highest BCUT2D eigenvalue weighted by Gasteiger charge is 2.13. The highest BCUT2D eigenvalue weighted by atomic mass is 16.5. The fourth-order valence-electron chi connectivity index (χ4n) is 3.34. The van der Waals surface area contributed by atoms with E-state index in [4.69, 9.17) is 9.72 Å². The molecule has 2 aromatic carbocycles. The van der Waals surface area contributed by atoms with Crippen molar-refractivity contribution in [2.24, 2.45) is 0 Å². The first-order valence-electron chi connectivity index (χ1n) is 9.54. The van der Waals surface area contributed by atoms with E-state index in [2.05, 4.69) is 22.7 Å². The molecule has 0 fully saturated rings. The van der Waals surface area contributed by atoms with Crippen LogP contribution in [-0.4, -0.2) is 22.1 Å². The van der Waals surface area contributed by atoms with Gasteiger partial charge in [0.05, 0.1) is 5.69 Å². The molecule has 0 saturated carbocycles. The van der Waals surface area contributed by atoms with E-state index >= 15 is 0 Å². The number of hydrogen-bond acceptors (Lipinski definition) is 3. The Morgan fingerprint density at radius 2 is 1.93 bits per heavy atom. The van der Waals surface area contributed by atoms with Gasteiger partial charge in [0, 0.05) is 36.0 Å². The number of fused-ring (bicyclic) bond motifs is 1. The first-order valence-corrected chi connectivity index (χ1v) is 9.54. The fraction of sp³-hybridized carbons (Fsp3) is 0.217. The molecule has 0 bridgehead atoms. The van der Waals surface area contributed by atoms with Gasteiger partial charge in [0.25, 0.3) is 5.91 Å². The smallest absolute Gasteiger partial charge is 0.255 e. The third-order valence-electron chi connectivity index (χ3n) is 4.83. The molecule has 0 aliphatic carbocycles. The maximum atomic E-state index is 12.4. The van der Waals surface area contributed by atoms with Gasteiger partial charge in [0.15, 0.2) is 0 Å². The molecule has 5 heteroatoms. The van der Waals surface area contributed by atoms with Crippen LogP contribution < -0.4 is 10.1 Å². The number of imidazole rings is 1. The Labute approximate surface area is 164 Å². The van der Waals surface area contributed by atoms with Crippen LogP contribution in [0.3, 0.4) is 0 Å². The Balaban J connectivity index is 1.42. The molecular weight excluding hydrogens is 350 g/mol. The zero-order chi connectivity index (χ0) is 19.3. The summed E-state index contributed by atoms with van der Waals surface area (Å²) in [7, 11) is 0. The van der Waals surface area contributed by atoms with Crippen LogP contribution in [0.2, 0.25) is 0 Å². The number of ether oxygens (including phenoxy) is 1. The van der Waals surface area contributed by atoms with Crippen molar-refractivity contribution in [3.8, 4) is 17.0 Å². The molecule has 1 N–H and O–H groups in total. The molecule has 28 heavy (non-hydrogen) atoms. The molecule has 1 amide bonds. The summed E-state index contributed by atoms with van der Waals surface area (Å²) in [6, 6.07) is 14.9. The normalized spacial score (nSPS) is 12.9. The zero-order valence-corrected chi connectivity index (χ0v) is 15.7. The second-order valence-corrected chi connectivity index (χ2v) is 6.85. The fourth-order valence-corrected chi connectivity index (χ4v) is 3.34. The van der Waals surface area contributed by atoms with Gasteiger partial charge < -0.3 is 14.6 Å². The van der Waals surface area contributed by atoms with Crippen LogP contribution in [0.4, 0.5) is 5.69 Å². The lowest BCUT2D eigenvalue weighted by atomic mass is 10.1. The largest absolute Gasteiger partial charge is 0.490 e. The first kappa shape index (κ1) is 18.0. The number of hydrogen-bond donors (Lipinski definition) is 1. The number of aryl methyl sites for hydroxylation is 2. The Hall–Kier alpha value is -3.34. The van der Waals surface area contributed by atoms with Crippen molar-refractivity contribution in [2.75, 3.05) is 11.9 Å². The van der Waals surface area contributed by atoms with E-state index < -0.39 is 0 Å². The molecule has 4 rings (SSSR count). The van der Waals surface area contributed by atoms with Crippen molar-refractivity contribution >= 4 is 11.6 Å². The van der Waals surface area contributed by atoms with Crippen LogP contribution in [0.25, 0.3) is 11.3 Å². The van der Waals surface area contributed by atoms with E-state index in [9.17, 15) is 4.79 Å². The SMILES string of the molecule is C=CCOc1ccc(C(=O)Nc2ccc(-c3cn4c(n3)CCCC4)cc2)cc1. The lowest BCUT2D eigenvalue weighted by molar-refractivity contribution is 0.102.